The Labute approximate surface area is 150 Å². The Hall–Kier alpha value is -1.70. The average Bonchev–Trinajstić information content (AvgIpc) is 2.51. The number of carbonyl (C=O) groups is 1. The summed E-state index contributed by atoms with van der Waals surface area (Å²) in [6, 6.07) is 9.61. The van der Waals surface area contributed by atoms with Gasteiger partial charge in [-0.3, -0.25) is 9.52 Å². The number of thioether (sulfide) groups is 1. The molecule has 2 aromatic carbocycles. The second-order valence-corrected chi connectivity index (χ2v) is 8.00. The second-order valence-electron chi connectivity index (χ2n) is 5.06. The van der Waals surface area contributed by atoms with Gasteiger partial charge in [-0.1, -0.05) is 17.7 Å². The molecule has 0 bridgehead atoms. The number of hydrogen-bond acceptors (Lipinski definition) is 4. The molecule has 1 amide bonds. The molecule has 0 aliphatic rings. The third kappa shape index (κ3) is 4.23. The van der Waals surface area contributed by atoms with E-state index in [1.165, 1.54) is 30.8 Å². The van der Waals surface area contributed by atoms with Gasteiger partial charge in [-0.25, -0.2) is 8.42 Å². The van der Waals surface area contributed by atoms with E-state index in [1.54, 1.807) is 31.2 Å². The predicted molar refractivity (Wildman–Crippen MR) is 99.5 cm³/mol. The summed E-state index contributed by atoms with van der Waals surface area (Å²) in [6.07, 6.45) is 1.85. The first kappa shape index (κ1) is 18.6. The van der Waals surface area contributed by atoms with Gasteiger partial charge in [0.1, 0.15) is 0 Å². The van der Waals surface area contributed by atoms with Crippen LogP contribution in [0.5, 0.6) is 0 Å². The number of benzene rings is 2. The highest BCUT2D eigenvalue weighted by atomic mass is 35.5. The van der Waals surface area contributed by atoms with Crippen LogP contribution in [0.3, 0.4) is 0 Å². The Balaban J connectivity index is 2.42. The quantitative estimate of drug-likeness (QED) is 0.760. The van der Waals surface area contributed by atoms with Crippen LogP contribution in [0.1, 0.15) is 12.5 Å². The zero-order chi connectivity index (χ0) is 17.9. The maximum atomic E-state index is 12.6. The molecule has 0 radical (unpaired) electrons. The minimum atomic E-state index is -3.81. The lowest BCUT2D eigenvalue weighted by Crippen LogP contribution is -2.15. The molecule has 0 aliphatic heterocycles. The summed E-state index contributed by atoms with van der Waals surface area (Å²) >= 11 is 7.44. The van der Waals surface area contributed by atoms with Crippen molar-refractivity contribution in [2.24, 2.45) is 0 Å². The van der Waals surface area contributed by atoms with Crippen LogP contribution in [0.25, 0.3) is 0 Å². The zero-order valence-corrected chi connectivity index (χ0v) is 15.8. The molecule has 0 fully saturated rings. The first-order chi connectivity index (χ1) is 11.2. The van der Waals surface area contributed by atoms with Crippen molar-refractivity contribution in [3.8, 4) is 0 Å². The zero-order valence-electron chi connectivity index (χ0n) is 13.4. The summed E-state index contributed by atoms with van der Waals surface area (Å²) in [5.74, 6) is -0.265. The second kappa shape index (κ2) is 7.46. The van der Waals surface area contributed by atoms with Crippen LogP contribution in [0, 0.1) is 6.92 Å². The van der Waals surface area contributed by atoms with Crippen LogP contribution < -0.4 is 10.0 Å². The maximum absolute atomic E-state index is 12.6. The Morgan fingerprint density at radius 2 is 1.88 bits per heavy atom. The summed E-state index contributed by atoms with van der Waals surface area (Å²) in [5, 5.41) is 3.13. The van der Waals surface area contributed by atoms with Crippen LogP contribution in [-0.4, -0.2) is 20.6 Å². The molecule has 2 N–H and O–H groups in total. The Kier molecular flexibility index (Phi) is 5.79. The van der Waals surface area contributed by atoms with Crippen LogP contribution in [0.15, 0.2) is 46.2 Å². The average molecular weight is 385 g/mol. The molecule has 2 aromatic rings. The van der Waals surface area contributed by atoms with E-state index in [0.29, 0.717) is 22.0 Å². The highest BCUT2D eigenvalue weighted by molar-refractivity contribution is 7.98. The lowest BCUT2D eigenvalue weighted by Gasteiger charge is -2.14. The smallest absolute Gasteiger partial charge is 0.261 e. The van der Waals surface area contributed by atoms with Crippen molar-refractivity contribution in [3.05, 3.63) is 47.0 Å². The van der Waals surface area contributed by atoms with E-state index in [4.69, 9.17) is 11.6 Å². The van der Waals surface area contributed by atoms with Crippen LogP contribution >= 0.6 is 23.4 Å². The Morgan fingerprint density at radius 1 is 1.17 bits per heavy atom. The minimum absolute atomic E-state index is 0.0587. The van der Waals surface area contributed by atoms with Gasteiger partial charge in [-0.2, -0.15) is 0 Å². The van der Waals surface area contributed by atoms with Gasteiger partial charge < -0.3 is 5.32 Å². The number of hydrogen-bond donors (Lipinski definition) is 2. The van der Waals surface area contributed by atoms with E-state index in [1.807, 2.05) is 6.26 Å². The predicted octanol–water partition coefficient (Wildman–Crippen LogP) is 4.13. The highest BCUT2D eigenvalue weighted by Crippen LogP contribution is 2.30. The van der Waals surface area contributed by atoms with Gasteiger partial charge in [0.05, 0.1) is 16.3 Å². The van der Waals surface area contributed by atoms with Gasteiger partial charge in [-0.15, -0.1) is 11.8 Å². The van der Waals surface area contributed by atoms with E-state index in [2.05, 4.69) is 10.0 Å². The fraction of sp³-hybridized carbons (Fsp3) is 0.188. The van der Waals surface area contributed by atoms with Crippen LogP contribution in [0.4, 0.5) is 11.4 Å². The standard InChI is InChI=1S/C16H17ClN2O3S2/c1-10-13(17)5-4-6-14(10)19-24(21,22)12-7-8-16(23-3)15(9-12)18-11(2)20/h4-9,19H,1-3H3,(H,18,20). The summed E-state index contributed by atoms with van der Waals surface area (Å²) in [5.41, 5.74) is 1.52. The normalized spacial score (nSPS) is 11.2. The number of amides is 1. The number of rotatable bonds is 5. The van der Waals surface area contributed by atoms with E-state index in [9.17, 15) is 13.2 Å². The topological polar surface area (TPSA) is 75.3 Å². The Morgan fingerprint density at radius 3 is 2.50 bits per heavy atom. The summed E-state index contributed by atoms with van der Waals surface area (Å²) in [4.78, 5) is 12.2. The molecule has 2 rings (SSSR count). The SMILES string of the molecule is CSc1ccc(S(=O)(=O)Nc2cccc(Cl)c2C)cc1NC(C)=O. The van der Waals surface area contributed by atoms with Gasteiger partial charge in [0, 0.05) is 16.8 Å². The monoisotopic (exact) mass is 384 g/mol. The fourth-order valence-electron chi connectivity index (χ4n) is 2.06. The molecule has 0 unspecified atom stereocenters. The maximum Gasteiger partial charge on any atom is 0.261 e. The first-order valence-corrected chi connectivity index (χ1v) is 10.1. The molecule has 5 nitrogen and oxygen atoms in total. The van der Waals surface area contributed by atoms with Gasteiger partial charge in [0.2, 0.25) is 5.91 Å². The molecular formula is C16H17ClN2O3S2. The van der Waals surface area contributed by atoms with Crippen LogP contribution in [0.2, 0.25) is 5.02 Å². The van der Waals surface area contributed by atoms with Crippen molar-refractivity contribution >= 4 is 50.7 Å². The third-order valence-corrected chi connectivity index (χ3v) is 5.87. The van der Waals surface area contributed by atoms with Gasteiger partial charge in [0.25, 0.3) is 10.0 Å². The highest BCUT2D eigenvalue weighted by Gasteiger charge is 2.18. The van der Waals surface area contributed by atoms with Crippen molar-refractivity contribution in [2.75, 3.05) is 16.3 Å². The number of sulfonamides is 1. The van der Waals surface area contributed by atoms with Crippen molar-refractivity contribution in [3.63, 3.8) is 0 Å². The molecule has 0 aliphatic carbocycles. The minimum Gasteiger partial charge on any atom is -0.325 e. The first-order valence-electron chi connectivity index (χ1n) is 6.98. The van der Waals surface area contributed by atoms with Crippen molar-refractivity contribution in [2.45, 2.75) is 23.6 Å². The lowest BCUT2D eigenvalue weighted by atomic mass is 10.2. The molecule has 0 heterocycles. The molecule has 0 spiro atoms. The van der Waals surface area contributed by atoms with E-state index in [0.717, 1.165) is 4.90 Å². The number of halogens is 1. The van der Waals surface area contributed by atoms with Crippen molar-refractivity contribution in [1.82, 2.24) is 0 Å². The lowest BCUT2D eigenvalue weighted by molar-refractivity contribution is -0.114. The number of anilines is 2. The summed E-state index contributed by atoms with van der Waals surface area (Å²) in [7, 11) is -3.81. The largest absolute Gasteiger partial charge is 0.325 e. The molecule has 24 heavy (non-hydrogen) atoms. The van der Waals surface area contributed by atoms with Gasteiger partial charge in [-0.05, 0) is 49.1 Å². The molecule has 0 atom stereocenters. The third-order valence-electron chi connectivity index (χ3n) is 3.30. The summed E-state index contributed by atoms with van der Waals surface area (Å²) in [6.45, 7) is 3.11. The van der Waals surface area contributed by atoms with Crippen molar-refractivity contribution in [1.29, 1.82) is 0 Å². The Bertz CT molecular complexity index is 883. The van der Waals surface area contributed by atoms with E-state index >= 15 is 0 Å². The molecule has 128 valence electrons. The van der Waals surface area contributed by atoms with Crippen LogP contribution in [-0.2, 0) is 14.8 Å². The molecule has 8 heteroatoms. The van der Waals surface area contributed by atoms with Gasteiger partial charge in [0.15, 0.2) is 0 Å². The van der Waals surface area contributed by atoms with Gasteiger partial charge >= 0.3 is 0 Å². The fourth-order valence-corrected chi connectivity index (χ4v) is 3.92. The molecular weight excluding hydrogens is 368 g/mol. The van der Waals surface area contributed by atoms with Crippen molar-refractivity contribution < 1.29 is 13.2 Å². The molecule has 0 aromatic heterocycles. The molecule has 0 saturated carbocycles. The number of nitrogens with one attached hydrogen (secondary N) is 2. The number of carbonyl (C=O) groups excluding carboxylic acids is 1. The van der Waals surface area contributed by atoms with E-state index in [-0.39, 0.29) is 10.8 Å². The van der Waals surface area contributed by atoms with E-state index < -0.39 is 10.0 Å². The molecule has 0 saturated heterocycles. The summed E-state index contributed by atoms with van der Waals surface area (Å²) < 4.78 is 27.8.